The van der Waals surface area contributed by atoms with E-state index >= 15 is 0 Å². The number of hydrogen-bond donors (Lipinski definition) is 1. The van der Waals surface area contributed by atoms with Crippen molar-refractivity contribution in [3.63, 3.8) is 0 Å². The van der Waals surface area contributed by atoms with Gasteiger partial charge in [-0.05, 0) is 36.1 Å². The molecule has 0 atom stereocenters. The first kappa shape index (κ1) is 20.1. The highest BCUT2D eigenvalue weighted by atomic mass is 16.5. The summed E-state index contributed by atoms with van der Waals surface area (Å²) < 4.78 is 10.2. The van der Waals surface area contributed by atoms with Gasteiger partial charge >= 0.3 is 5.97 Å². The lowest BCUT2D eigenvalue weighted by molar-refractivity contribution is -0.137. The molecule has 24 heavy (non-hydrogen) atoms. The lowest BCUT2D eigenvalue weighted by atomic mass is 10.0. The molecule has 1 aromatic carbocycles. The number of rotatable bonds is 11. The average molecular weight is 334 g/mol. The van der Waals surface area contributed by atoms with Gasteiger partial charge in [0, 0.05) is 6.08 Å². The molecule has 0 aliphatic rings. The Bertz CT molecular complexity index is 520. The van der Waals surface area contributed by atoms with Gasteiger partial charge in [0.1, 0.15) is 0 Å². The third-order valence-corrected chi connectivity index (χ3v) is 3.79. The number of benzene rings is 1. The van der Waals surface area contributed by atoms with Crippen molar-refractivity contribution in [3.8, 4) is 11.5 Å². The molecule has 0 aromatic heterocycles. The van der Waals surface area contributed by atoms with Crippen LogP contribution in [0.3, 0.4) is 0 Å². The highest BCUT2D eigenvalue weighted by Crippen LogP contribution is 2.26. The molecule has 0 aliphatic heterocycles. The number of ether oxygens (including phenoxy) is 2. The molecule has 134 valence electrons. The minimum Gasteiger partial charge on any atom is -0.504 e. The van der Waals surface area contributed by atoms with Gasteiger partial charge in [0.25, 0.3) is 0 Å². The topological polar surface area (TPSA) is 55.8 Å². The summed E-state index contributed by atoms with van der Waals surface area (Å²) in [6.45, 7) is 4.97. The molecule has 1 aromatic rings. The number of esters is 1. The molecule has 0 unspecified atom stereocenters. The fourth-order valence-corrected chi connectivity index (χ4v) is 2.37. The van der Waals surface area contributed by atoms with E-state index in [1.165, 1.54) is 44.9 Å². The first-order valence-electron chi connectivity index (χ1n) is 8.74. The van der Waals surface area contributed by atoms with Crippen LogP contribution in [0.25, 0.3) is 6.08 Å². The zero-order chi connectivity index (χ0) is 17.8. The predicted molar refractivity (Wildman–Crippen MR) is 97.2 cm³/mol. The van der Waals surface area contributed by atoms with Crippen molar-refractivity contribution in [2.45, 2.75) is 52.4 Å². The van der Waals surface area contributed by atoms with Gasteiger partial charge < -0.3 is 14.6 Å². The van der Waals surface area contributed by atoms with Crippen LogP contribution in [-0.4, -0.2) is 24.8 Å². The van der Waals surface area contributed by atoms with E-state index in [1.54, 1.807) is 18.2 Å². The van der Waals surface area contributed by atoms with E-state index in [1.807, 2.05) is 0 Å². The van der Waals surface area contributed by atoms with Gasteiger partial charge in [0.2, 0.25) is 0 Å². The number of hydrogen-bond acceptors (Lipinski definition) is 4. The summed E-state index contributed by atoms with van der Waals surface area (Å²) in [5.41, 5.74) is 0.770. The molecule has 1 N–H and O–H groups in total. The number of phenols is 1. The van der Waals surface area contributed by atoms with Gasteiger partial charge in [-0.15, -0.1) is 0 Å². The first-order chi connectivity index (χ1) is 11.5. The maximum atomic E-state index is 11.7. The van der Waals surface area contributed by atoms with Gasteiger partial charge in [-0.2, -0.15) is 0 Å². The molecule has 4 nitrogen and oxygen atoms in total. The lowest BCUT2D eigenvalue weighted by Crippen LogP contribution is -2.02. The van der Waals surface area contributed by atoms with Crippen molar-refractivity contribution < 1.29 is 19.4 Å². The molecule has 0 aliphatic carbocycles. The zero-order valence-electron chi connectivity index (χ0n) is 15.1. The maximum absolute atomic E-state index is 11.7. The summed E-state index contributed by atoms with van der Waals surface area (Å²) in [7, 11) is 1.49. The molecule has 0 bridgehead atoms. The number of carbonyl (C=O) groups is 1. The number of phenolic OH excluding ortho intramolecular Hbond substituents is 1. The number of unbranched alkanes of at least 4 members (excludes halogenated alkanes) is 4. The summed E-state index contributed by atoms with van der Waals surface area (Å²) >= 11 is 0. The molecule has 0 radical (unpaired) electrons. The SMILES string of the molecule is COc1cc(/C=C/C(=O)OCCCCCCCC(C)C)ccc1O. The summed E-state index contributed by atoms with van der Waals surface area (Å²) in [4.78, 5) is 11.7. The number of methoxy groups -OCH3 is 1. The molecule has 4 heteroatoms. The maximum Gasteiger partial charge on any atom is 0.330 e. The average Bonchev–Trinajstić information content (AvgIpc) is 2.56. The van der Waals surface area contributed by atoms with E-state index in [9.17, 15) is 9.90 Å². The normalized spacial score (nSPS) is 11.2. The van der Waals surface area contributed by atoms with Crippen LogP contribution in [-0.2, 0) is 9.53 Å². The Morgan fingerprint density at radius 2 is 1.88 bits per heavy atom. The molecule has 1 rings (SSSR count). The van der Waals surface area contributed by atoms with E-state index in [0.717, 1.165) is 24.3 Å². The molecule has 0 heterocycles. The molecule has 0 amide bonds. The van der Waals surface area contributed by atoms with Crippen molar-refractivity contribution in [3.05, 3.63) is 29.8 Å². The van der Waals surface area contributed by atoms with Gasteiger partial charge in [0.15, 0.2) is 11.5 Å². The predicted octanol–water partition coefficient (Wildman–Crippen LogP) is 4.95. The minimum atomic E-state index is -0.346. The summed E-state index contributed by atoms with van der Waals surface area (Å²) in [6, 6.07) is 4.90. The van der Waals surface area contributed by atoms with Crippen LogP contribution >= 0.6 is 0 Å². The standard InChI is InChI=1S/C20H30O4/c1-16(2)9-7-5-4-6-8-14-24-20(22)13-11-17-10-12-18(21)19(15-17)23-3/h10-13,15-16,21H,4-9,14H2,1-3H3/b13-11+. The van der Waals surface area contributed by atoms with Gasteiger partial charge in [-0.25, -0.2) is 4.79 Å². The summed E-state index contributed by atoms with van der Waals surface area (Å²) in [6.07, 6.45) is 10.1. The van der Waals surface area contributed by atoms with Crippen LogP contribution in [0.2, 0.25) is 0 Å². The first-order valence-corrected chi connectivity index (χ1v) is 8.74. The van der Waals surface area contributed by atoms with Crippen LogP contribution in [0.1, 0.15) is 57.9 Å². The van der Waals surface area contributed by atoms with Crippen molar-refractivity contribution in [1.29, 1.82) is 0 Å². The number of carbonyl (C=O) groups excluding carboxylic acids is 1. The minimum absolute atomic E-state index is 0.0746. The van der Waals surface area contributed by atoms with Gasteiger partial charge in [-0.1, -0.05) is 52.0 Å². The van der Waals surface area contributed by atoms with Gasteiger partial charge in [0.05, 0.1) is 13.7 Å². The monoisotopic (exact) mass is 334 g/mol. The summed E-state index contributed by atoms with van der Waals surface area (Å²) in [5.74, 6) is 0.891. The highest BCUT2D eigenvalue weighted by Gasteiger charge is 2.02. The van der Waals surface area contributed by atoms with E-state index in [-0.39, 0.29) is 11.7 Å². The molecular formula is C20H30O4. The van der Waals surface area contributed by atoms with E-state index in [0.29, 0.717) is 12.4 Å². The van der Waals surface area contributed by atoms with E-state index < -0.39 is 0 Å². The summed E-state index contributed by atoms with van der Waals surface area (Å²) in [5, 5.41) is 9.52. The highest BCUT2D eigenvalue weighted by molar-refractivity contribution is 5.87. The Kier molecular flexibility index (Phi) is 9.66. The smallest absolute Gasteiger partial charge is 0.330 e. The fraction of sp³-hybridized carbons (Fsp3) is 0.550. The zero-order valence-corrected chi connectivity index (χ0v) is 15.1. The van der Waals surface area contributed by atoms with Crippen molar-refractivity contribution >= 4 is 12.0 Å². The van der Waals surface area contributed by atoms with Gasteiger partial charge in [-0.3, -0.25) is 0 Å². The van der Waals surface area contributed by atoms with Crippen molar-refractivity contribution in [2.24, 2.45) is 5.92 Å². The largest absolute Gasteiger partial charge is 0.504 e. The van der Waals surface area contributed by atoms with Crippen LogP contribution in [0.5, 0.6) is 11.5 Å². The van der Waals surface area contributed by atoms with Crippen LogP contribution in [0, 0.1) is 5.92 Å². The lowest BCUT2D eigenvalue weighted by Gasteiger charge is -2.05. The third kappa shape index (κ3) is 8.61. The second kappa shape index (κ2) is 11.5. The Morgan fingerprint density at radius 1 is 1.17 bits per heavy atom. The van der Waals surface area contributed by atoms with E-state index in [2.05, 4.69) is 13.8 Å². The van der Waals surface area contributed by atoms with E-state index in [4.69, 9.17) is 9.47 Å². The second-order valence-corrected chi connectivity index (χ2v) is 6.38. The second-order valence-electron chi connectivity index (χ2n) is 6.38. The Morgan fingerprint density at radius 3 is 2.58 bits per heavy atom. The molecule has 0 saturated heterocycles. The molecule has 0 spiro atoms. The quantitative estimate of drug-likeness (QED) is 0.353. The van der Waals surface area contributed by atoms with Crippen LogP contribution in [0.4, 0.5) is 0 Å². The number of aromatic hydroxyl groups is 1. The Hall–Kier alpha value is -1.97. The third-order valence-electron chi connectivity index (χ3n) is 3.79. The van der Waals surface area contributed by atoms with Crippen molar-refractivity contribution in [2.75, 3.05) is 13.7 Å². The van der Waals surface area contributed by atoms with Crippen molar-refractivity contribution in [1.82, 2.24) is 0 Å². The van der Waals surface area contributed by atoms with Crippen LogP contribution in [0.15, 0.2) is 24.3 Å². The Balaban J connectivity index is 2.17. The molecule has 0 fully saturated rings. The Labute approximate surface area is 145 Å². The fourth-order valence-electron chi connectivity index (χ4n) is 2.37. The molecular weight excluding hydrogens is 304 g/mol. The molecule has 0 saturated carbocycles. The van der Waals surface area contributed by atoms with Crippen LogP contribution < -0.4 is 4.74 Å².